The van der Waals surface area contributed by atoms with Gasteiger partial charge < -0.3 is 9.80 Å². The van der Waals surface area contributed by atoms with Gasteiger partial charge in [-0.15, -0.1) is 11.8 Å². The molecule has 0 aliphatic carbocycles. The van der Waals surface area contributed by atoms with E-state index in [2.05, 4.69) is 19.8 Å². The SMILES string of the molecule is O=[N+]([O-])c1ccc(CSc2cc(N3CCN(c4ccc(F)cc4)CC3)ncn2)cc1. The Morgan fingerprint density at radius 3 is 2.30 bits per heavy atom. The maximum atomic E-state index is 13.1. The standard InChI is InChI=1S/C21H20FN5O2S/c22-17-3-7-18(8-4-17)25-9-11-26(12-10-25)20-13-21(24-15-23-20)30-14-16-1-5-19(6-2-16)27(28)29/h1-8,13,15H,9-12,14H2. The first-order valence-corrected chi connectivity index (χ1v) is 10.5. The lowest BCUT2D eigenvalue weighted by Crippen LogP contribution is -2.46. The van der Waals surface area contributed by atoms with Gasteiger partial charge in [-0.1, -0.05) is 12.1 Å². The summed E-state index contributed by atoms with van der Waals surface area (Å²) in [5, 5.41) is 11.6. The van der Waals surface area contributed by atoms with Crippen molar-refractivity contribution in [1.82, 2.24) is 9.97 Å². The Balaban J connectivity index is 1.34. The molecule has 0 unspecified atom stereocenters. The molecule has 0 N–H and O–H groups in total. The van der Waals surface area contributed by atoms with Gasteiger partial charge in [0.25, 0.3) is 5.69 Å². The minimum absolute atomic E-state index is 0.0906. The molecule has 1 aromatic heterocycles. The van der Waals surface area contributed by atoms with Gasteiger partial charge in [0.15, 0.2) is 0 Å². The molecule has 0 atom stereocenters. The second-order valence-corrected chi connectivity index (χ2v) is 7.87. The largest absolute Gasteiger partial charge is 0.368 e. The van der Waals surface area contributed by atoms with E-state index >= 15 is 0 Å². The molecule has 154 valence electrons. The minimum atomic E-state index is -0.399. The van der Waals surface area contributed by atoms with Crippen LogP contribution < -0.4 is 9.80 Å². The Labute approximate surface area is 177 Å². The van der Waals surface area contributed by atoms with Crippen molar-refractivity contribution in [3.63, 3.8) is 0 Å². The van der Waals surface area contributed by atoms with Crippen LogP contribution in [0.2, 0.25) is 0 Å². The molecule has 0 radical (unpaired) electrons. The van der Waals surface area contributed by atoms with Crippen LogP contribution in [0.25, 0.3) is 0 Å². The van der Waals surface area contributed by atoms with Crippen LogP contribution in [0.5, 0.6) is 0 Å². The predicted molar refractivity (Wildman–Crippen MR) is 116 cm³/mol. The lowest BCUT2D eigenvalue weighted by Gasteiger charge is -2.36. The van der Waals surface area contributed by atoms with Gasteiger partial charge in [0.2, 0.25) is 0 Å². The Bertz CT molecular complexity index is 1010. The maximum Gasteiger partial charge on any atom is 0.269 e. The summed E-state index contributed by atoms with van der Waals surface area (Å²) in [7, 11) is 0. The first kappa shape index (κ1) is 20.1. The van der Waals surface area contributed by atoms with Crippen molar-refractivity contribution in [1.29, 1.82) is 0 Å². The zero-order valence-corrected chi connectivity index (χ0v) is 17.0. The molecule has 0 spiro atoms. The number of anilines is 2. The lowest BCUT2D eigenvalue weighted by atomic mass is 10.2. The van der Waals surface area contributed by atoms with Crippen molar-refractivity contribution in [2.75, 3.05) is 36.0 Å². The quantitative estimate of drug-likeness (QED) is 0.254. The number of hydrogen-bond acceptors (Lipinski definition) is 7. The third-order valence-electron chi connectivity index (χ3n) is 4.96. The van der Waals surface area contributed by atoms with Crippen LogP contribution >= 0.6 is 11.8 Å². The van der Waals surface area contributed by atoms with E-state index in [1.165, 1.54) is 24.3 Å². The average molecular weight is 425 g/mol. The molecule has 30 heavy (non-hydrogen) atoms. The zero-order valence-electron chi connectivity index (χ0n) is 16.1. The number of thioether (sulfide) groups is 1. The first-order chi connectivity index (χ1) is 14.6. The number of aromatic nitrogens is 2. The van der Waals surface area contributed by atoms with E-state index in [4.69, 9.17) is 0 Å². The fourth-order valence-electron chi connectivity index (χ4n) is 3.30. The van der Waals surface area contributed by atoms with Crippen molar-refractivity contribution in [2.45, 2.75) is 10.8 Å². The number of rotatable bonds is 6. The molecule has 0 bridgehead atoms. The topological polar surface area (TPSA) is 75.4 Å². The molecule has 1 saturated heterocycles. The van der Waals surface area contributed by atoms with E-state index in [0.29, 0.717) is 5.75 Å². The number of halogens is 1. The summed E-state index contributed by atoms with van der Waals surface area (Å²) in [6.07, 6.45) is 1.57. The van der Waals surface area contributed by atoms with E-state index in [1.54, 1.807) is 30.2 Å². The highest BCUT2D eigenvalue weighted by atomic mass is 32.2. The fourth-order valence-corrected chi connectivity index (χ4v) is 4.12. The fraction of sp³-hybridized carbons (Fsp3) is 0.238. The third kappa shape index (κ3) is 4.85. The molecule has 7 nitrogen and oxygen atoms in total. The van der Waals surface area contributed by atoms with Crippen LogP contribution in [0, 0.1) is 15.9 Å². The molecule has 9 heteroatoms. The number of nitro groups is 1. The highest BCUT2D eigenvalue weighted by molar-refractivity contribution is 7.98. The number of piperazine rings is 1. The summed E-state index contributed by atoms with van der Waals surface area (Å²) < 4.78 is 13.1. The van der Waals surface area contributed by atoms with E-state index in [-0.39, 0.29) is 11.5 Å². The smallest absolute Gasteiger partial charge is 0.269 e. The van der Waals surface area contributed by atoms with Crippen molar-refractivity contribution >= 4 is 29.0 Å². The molecular weight excluding hydrogens is 405 g/mol. The summed E-state index contributed by atoms with van der Waals surface area (Å²) in [5.74, 6) is 1.33. The van der Waals surface area contributed by atoms with Gasteiger partial charge in [-0.2, -0.15) is 0 Å². The Hall–Kier alpha value is -3.20. The van der Waals surface area contributed by atoms with E-state index in [0.717, 1.165) is 48.3 Å². The molecule has 0 saturated carbocycles. The van der Waals surface area contributed by atoms with Crippen molar-refractivity contribution in [2.24, 2.45) is 0 Å². The van der Waals surface area contributed by atoms with Gasteiger partial charge in [0.05, 0.1) is 4.92 Å². The molecule has 2 heterocycles. The number of benzene rings is 2. The van der Waals surface area contributed by atoms with Crippen molar-refractivity contribution in [3.8, 4) is 0 Å². The zero-order chi connectivity index (χ0) is 20.9. The average Bonchev–Trinajstić information content (AvgIpc) is 2.79. The second-order valence-electron chi connectivity index (χ2n) is 6.88. The van der Waals surface area contributed by atoms with E-state index in [1.807, 2.05) is 18.2 Å². The number of nitro benzene ring substituents is 1. The molecule has 1 fully saturated rings. The Morgan fingerprint density at radius 1 is 0.967 bits per heavy atom. The van der Waals surface area contributed by atoms with Crippen LogP contribution in [0.15, 0.2) is 66.0 Å². The van der Waals surface area contributed by atoms with Crippen LogP contribution in [-0.4, -0.2) is 41.1 Å². The van der Waals surface area contributed by atoms with Gasteiger partial charge in [-0.05, 0) is 29.8 Å². The number of non-ortho nitro benzene ring substituents is 1. The Morgan fingerprint density at radius 2 is 1.63 bits per heavy atom. The molecule has 4 rings (SSSR count). The summed E-state index contributed by atoms with van der Waals surface area (Å²) in [5.41, 5.74) is 2.12. The third-order valence-corrected chi connectivity index (χ3v) is 5.95. The molecular formula is C21H20FN5O2S. The number of hydrogen-bond donors (Lipinski definition) is 0. The summed E-state index contributed by atoms with van der Waals surface area (Å²) >= 11 is 1.57. The van der Waals surface area contributed by atoms with Crippen LogP contribution in [0.3, 0.4) is 0 Å². The van der Waals surface area contributed by atoms with Crippen LogP contribution in [0.4, 0.5) is 21.6 Å². The van der Waals surface area contributed by atoms with Gasteiger partial charge >= 0.3 is 0 Å². The normalized spacial score (nSPS) is 14.0. The van der Waals surface area contributed by atoms with Crippen molar-refractivity contribution < 1.29 is 9.31 Å². The van der Waals surface area contributed by atoms with Gasteiger partial charge in [-0.25, -0.2) is 14.4 Å². The van der Waals surface area contributed by atoms with Gasteiger partial charge in [-0.3, -0.25) is 10.1 Å². The summed E-state index contributed by atoms with van der Waals surface area (Å²) in [4.78, 5) is 23.6. The van der Waals surface area contributed by atoms with Crippen LogP contribution in [0.1, 0.15) is 5.56 Å². The molecule has 3 aromatic rings. The van der Waals surface area contributed by atoms with Crippen molar-refractivity contribution in [3.05, 3.63) is 82.4 Å². The van der Waals surface area contributed by atoms with E-state index in [9.17, 15) is 14.5 Å². The summed E-state index contributed by atoms with van der Waals surface area (Å²) in [6.45, 7) is 3.31. The minimum Gasteiger partial charge on any atom is -0.368 e. The highest BCUT2D eigenvalue weighted by Gasteiger charge is 2.19. The van der Waals surface area contributed by atoms with Gasteiger partial charge in [0.1, 0.15) is 23.0 Å². The van der Waals surface area contributed by atoms with Crippen LogP contribution in [-0.2, 0) is 5.75 Å². The summed E-state index contributed by atoms with van der Waals surface area (Å²) in [6, 6.07) is 15.1. The number of nitrogens with zero attached hydrogens (tertiary/aromatic N) is 5. The second kappa shape index (κ2) is 9.08. The predicted octanol–water partition coefficient (Wildman–Crippen LogP) is 4.14. The molecule has 0 amide bonds. The first-order valence-electron chi connectivity index (χ1n) is 9.52. The molecule has 1 aliphatic heterocycles. The Kier molecular flexibility index (Phi) is 6.08. The molecule has 2 aromatic carbocycles. The molecule has 1 aliphatic rings. The highest BCUT2D eigenvalue weighted by Crippen LogP contribution is 2.25. The van der Waals surface area contributed by atoms with Gasteiger partial charge in [0, 0.05) is 55.8 Å². The van der Waals surface area contributed by atoms with E-state index < -0.39 is 4.92 Å². The maximum absolute atomic E-state index is 13.1. The lowest BCUT2D eigenvalue weighted by molar-refractivity contribution is -0.384. The monoisotopic (exact) mass is 425 g/mol.